The molecule has 0 radical (unpaired) electrons. The van der Waals surface area contributed by atoms with Gasteiger partial charge in [-0.25, -0.2) is 0 Å². The summed E-state index contributed by atoms with van der Waals surface area (Å²) in [6.45, 7) is 3.73. The van der Waals surface area contributed by atoms with Crippen molar-refractivity contribution in [1.82, 2.24) is 0 Å². The normalized spacial score (nSPS) is 29.2. The molecule has 2 nitrogen and oxygen atoms in total. The second-order valence-electron chi connectivity index (χ2n) is 5.55. The van der Waals surface area contributed by atoms with Crippen molar-refractivity contribution in [3.05, 3.63) is 29.8 Å². The Morgan fingerprint density at radius 1 is 1.33 bits per heavy atom. The molecule has 0 bridgehead atoms. The number of hydrogen-bond donors (Lipinski definition) is 0. The van der Waals surface area contributed by atoms with Crippen molar-refractivity contribution >= 4 is 6.92 Å². The maximum Gasteiger partial charge on any atom is 0.297 e. The first-order valence-corrected chi connectivity index (χ1v) is 7.10. The monoisotopic (exact) mass is 244 g/mol. The van der Waals surface area contributed by atoms with Gasteiger partial charge < -0.3 is 9.39 Å². The van der Waals surface area contributed by atoms with Crippen LogP contribution in [-0.4, -0.2) is 20.6 Å². The molecule has 0 aromatic heterocycles. The summed E-state index contributed by atoms with van der Waals surface area (Å²) in [7, 11) is 1.72. The van der Waals surface area contributed by atoms with Crippen LogP contribution in [0, 0.1) is 5.92 Å². The summed E-state index contributed by atoms with van der Waals surface area (Å²) < 4.78 is 11.1. The Morgan fingerprint density at radius 2 is 2.11 bits per heavy atom. The molecule has 0 amide bonds. The molecule has 1 saturated carbocycles. The van der Waals surface area contributed by atoms with Gasteiger partial charge in [0.15, 0.2) is 0 Å². The van der Waals surface area contributed by atoms with Gasteiger partial charge in [-0.2, -0.15) is 0 Å². The van der Waals surface area contributed by atoms with E-state index in [1.165, 1.54) is 24.7 Å². The summed E-state index contributed by atoms with van der Waals surface area (Å²) in [6.07, 6.45) is 3.80. The molecular formula is C15H21BO2. The highest BCUT2D eigenvalue weighted by Crippen LogP contribution is 2.65. The first-order valence-electron chi connectivity index (χ1n) is 7.10. The molecule has 2 aliphatic rings. The Bertz CT molecular complexity index is 403. The Labute approximate surface area is 110 Å². The largest absolute Gasteiger partial charge is 0.497 e. The van der Waals surface area contributed by atoms with E-state index in [9.17, 15) is 0 Å². The molecule has 3 atom stereocenters. The molecule has 0 unspecified atom stereocenters. The van der Waals surface area contributed by atoms with Gasteiger partial charge in [0.25, 0.3) is 6.92 Å². The number of fused-ring (bicyclic) bond motifs is 1. The lowest BCUT2D eigenvalue weighted by molar-refractivity contribution is 0.323. The van der Waals surface area contributed by atoms with Crippen LogP contribution in [-0.2, 0) is 4.65 Å². The van der Waals surface area contributed by atoms with Crippen LogP contribution in [0.3, 0.4) is 0 Å². The van der Waals surface area contributed by atoms with E-state index in [1.807, 2.05) is 0 Å². The van der Waals surface area contributed by atoms with Crippen LogP contribution in [0.1, 0.15) is 31.2 Å². The summed E-state index contributed by atoms with van der Waals surface area (Å²) in [4.78, 5) is 0. The van der Waals surface area contributed by atoms with E-state index in [-0.39, 0.29) is 0 Å². The van der Waals surface area contributed by atoms with Crippen molar-refractivity contribution in [3.63, 3.8) is 0 Å². The lowest BCUT2D eigenvalue weighted by atomic mass is 9.58. The highest BCUT2D eigenvalue weighted by molar-refractivity contribution is 6.56. The second-order valence-corrected chi connectivity index (χ2v) is 5.55. The zero-order valence-corrected chi connectivity index (χ0v) is 11.3. The van der Waals surface area contributed by atoms with Crippen molar-refractivity contribution in [1.29, 1.82) is 0 Å². The van der Waals surface area contributed by atoms with E-state index < -0.39 is 0 Å². The number of methoxy groups -OCH3 is 1. The molecule has 1 heterocycles. The van der Waals surface area contributed by atoms with Gasteiger partial charge in [0, 0.05) is 6.61 Å². The van der Waals surface area contributed by atoms with Gasteiger partial charge in [0.2, 0.25) is 0 Å². The third kappa shape index (κ3) is 2.05. The Kier molecular flexibility index (Phi) is 3.34. The van der Waals surface area contributed by atoms with Gasteiger partial charge in [0.05, 0.1) is 7.11 Å². The molecule has 18 heavy (non-hydrogen) atoms. The molecule has 96 valence electrons. The summed E-state index contributed by atoms with van der Waals surface area (Å²) >= 11 is 0. The molecule has 1 aliphatic carbocycles. The van der Waals surface area contributed by atoms with E-state index >= 15 is 0 Å². The predicted octanol–water partition coefficient (Wildman–Crippen LogP) is 3.60. The molecule has 3 rings (SSSR count). The number of rotatable bonds is 5. The Morgan fingerprint density at radius 3 is 2.78 bits per heavy atom. The van der Waals surface area contributed by atoms with Crippen molar-refractivity contribution in [3.8, 4) is 5.75 Å². The molecule has 1 aromatic rings. The van der Waals surface area contributed by atoms with Gasteiger partial charge in [-0.1, -0.05) is 31.9 Å². The maximum absolute atomic E-state index is 5.89. The van der Waals surface area contributed by atoms with Crippen molar-refractivity contribution in [2.75, 3.05) is 13.7 Å². The minimum atomic E-state index is 0.516. The highest BCUT2D eigenvalue weighted by atomic mass is 16.5. The first-order chi connectivity index (χ1) is 8.85. The lowest BCUT2D eigenvalue weighted by Gasteiger charge is -2.12. The second kappa shape index (κ2) is 4.97. The van der Waals surface area contributed by atoms with Crippen LogP contribution >= 0.6 is 0 Å². The molecule has 1 aromatic carbocycles. The molecule has 1 saturated heterocycles. The highest BCUT2D eigenvalue weighted by Gasteiger charge is 2.60. The maximum atomic E-state index is 5.89. The molecule has 2 fully saturated rings. The molecular weight excluding hydrogens is 223 g/mol. The third-order valence-electron chi connectivity index (χ3n) is 4.50. The van der Waals surface area contributed by atoms with Gasteiger partial charge >= 0.3 is 0 Å². The van der Waals surface area contributed by atoms with Crippen LogP contribution in [0.2, 0.25) is 12.1 Å². The summed E-state index contributed by atoms with van der Waals surface area (Å²) in [6, 6.07) is 8.59. The molecule has 1 aliphatic heterocycles. The van der Waals surface area contributed by atoms with Crippen LogP contribution in [0.5, 0.6) is 5.75 Å². The van der Waals surface area contributed by atoms with Crippen molar-refractivity contribution in [2.24, 2.45) is 5.92 Å². The zero-order chi connectivity index (χ0) is 12.5. The number of ether oxygens (including phenoxy) is 1. The fourth-order valence-electron chi connectivity index (χ4n) is 3.44. The average molecular weight is 244 g/mol. The number of benzene rings is 1. The van der Waals surface area contributed by atoms with Crippen molar-refractivity contribution in [2.45, 2.75) is 37.8 Å². The van der Waals surface area contributed by atoms with Gasteiger partial charge in [-0.15, -0.1) is 0 Å². The number of hydrogen-bond acceptors (Lipinski definition) is 2. The van der Waals surface area contributed by atoms with Crippen molar-refractivity contribution < 1.29 is 9.39 Å². The molecule has 0 spiro atoms. The summed E-state index contributed by atoms with van der Waals surface area (Å²) in [5, 5.41) is 0. The van der Waals surface area contributed by atoms with E-state index in [2.05, 4.69) is 31.2 Å². The van der Waals surface area contributed by atoms with Crippen LogP contribution in [0.25, 0.3) is 0 Å². The Balaban J connectivity index is 1.65. The topological polar surface area (TPSA) is 18.5 Å². The summed E-state index contributed by atoms with van der Waals surface area (Å²) in [5.74, 6) is 3.25. The standard InChI is InChI=1S/C15H21BO2/c1-3-4-9-16-15-13(10-18-16)14(15)11-5-7-12(17-2)8-6-11/h5-8,13-15H,3-4,9-10H2,1-2H3/t13-,14-,15-/m1/s1. The number of unbranched alkanes of at least 4 members (excludes halogenated alkanes) is 1. The fraction of sp³-hybridized carbons (Fsp3) is 0.600. The fourth-order valence-corrected chi connectivity index (χ4v) is 3.44. The predicted molar refractivity (Wildman–Crippen MR) is 74.4 cm³/mol. The Hall–Kier alpha value is -0.955. The smallest absolute Gasteiger partial charge is 0.297 e. The van der Waals surface area contributed by atoms with Gasteiger partial charge in [-0.05, 0) is 41.7 Å². The summed E-state index contributed by atoms with van der Waals surface area (Å²) in [5.41, 5.74) is 1.47. The lowest BCUT2D eigenvalue weighted by Crippen LogP contribution is -2.15. The minimum Gasteiger partial charge on any atom is -0.497 e. The van der Waals surface area contributed by atoms with E-state index in [0.717, 1.165) is 30.0 Å². The zero-order valence-electron chi connectivity index (χ0n) is 11.3. The third-order valence-corrected chi connectivity index (χ3v) is 4.50. The average Bonchev–Trinajstić information content (AvgIpc) is 3.00. The van der Waals surface area contributed by atoms with E-state index in [4.69, 9.17) is 9.39 Å². The van der Waals surface area contributed by atoms with Crippen LogP contribution in [0.4, 0.5) is 0 Å². The van der Waals surface area contributed by atoms with Gasteiger partial charge in [-0.3, -0.25) is 0 Å². The SMILES string of the molecule is CCCCB1OC[C@H]2[C@@H]1[C@@H]2c1ccc(OC)cc1. The van der Waals surface area contributed by atoms with E-state index in [1.54, 1.807) is 7.11 Å². The minimum absolute atomic E-state index is 0.516. The van der Waals surface area contributed by atoms with Crippen LogP contribution in [0.15, 0.2) is 24.3 Å². The van der Waals surface area contributed by atoms with Gasteiger partial charge in [0.1, 0.15) is 5.75 Å². The molecule has 0 N–H and O–H groups in total. The quantitative estimate of drug-likeness (QED) is 0.737. The molecule has 3 heteroatoms. The van der Waals surface area contributed by atoms with E-state index in [0.29, 0.717) is 6.92 Å². The van der Waals surface area contributed by atoms with Crippen LogP contribution < -0.4 is 4.74 Å². The first kappa shape index (κ1) is 12.1.